The third-order valence-corrected chi connectivity index (χ3v) is 4.44. The number of carbonyl (C=O) groups is 1. The first-order chi connectivity index (χ1) is 12.1. The van der Waals surface area contributed by atoms with E-state index in [1.165, 1.54) is 4.68 Å². The number of aliphatic hydroxyl groups excluding tert-OH is 1. The molecule has 1 N–H and O–H groups in total. The first-order valence-electron chi connectivity index (χ1n) is 8.74. The highest BCUT2D eigenvalue weighted by Gasteiger charge is 2.29. The van der Waals surface area contributed by atoms with Gasteiger partial charge in [0.05, 0.1) is 12.6 Å². The zero-order valence-corrected chi connectivity index (χ0v) is 14.5. The SMILES string of the molecule is CCCCc1nn(CC(=O)N2CC(O)C2)c(=O)n1Cc1ccccc1. The van der Waals surface area contributed by atoms with E-state index in [1.54, 1.807) is 9.47 Å². The van der Waals surface area contributed by atoms with Gasteiger partial charge in [-0.25, -0.2) is 9.48 Å². The maximum absolute atomic E-state index is 12.7. The average Bonchev–Trinajstić information content (AvgIpc) is 2.87. The van der Waals surface area contributed by atoms with Gasteiger partial charge in [0.1, 0.15) is 12.4 Å². The summed E-state index contributed by atoms with van der Waals surface area (Å²) in [6.07, 6.45) is 2.22. The van der Waals surface area contributed by atoms with Gasteiger partial charge in [-0.15, -0.1) is 0 Å². The number of aromatic nitrogens is 3. The monoisotopic (exact) mass is 344 g/mol. The highest BCUT2D eigenvalue weighted by molar-refractivity contribution is 5.76. The normalized spacial score (nSPS) is 14.6. The van der Waals surface area contributed by atoms with E-state index < -0.39 is 6.10 Å². The molecule has 1 aromatic carbocycles. The Hall–Kier alpha value is -2.41. The zero-order valence-electron chi connectivity index (χ0n) is 14.5. The molecule has 0 radical (unpaired) electrons. The summed E-state index contributed by atoms with van der Waals surface area (Å²) in [7, 11) is 0. The molecule has 25 heavy (non-hydrogen) atoms. The third kappa shape index (κ3) is 3.99. The molecule has 0 aliphatic carbocycles. The van der Waals surface area contributed by atoms with E-state index in [2.05, 4.69) is 12.0 Å². The molecule has 3 rings (SSSR count). The van der Waals surface area contributed by atoms with Gasteiger partial charge in [-0.3, -0.25) is 9.36 Å². The topological polar surface area (TPSA) is 80.4 Å². The van der Waals surface area contributed by atoms with Crippen LogP contribution in [0.2, 0.25) is 0 Å². The summed E-state index contributed by atoms with van der Waals surface area (Å²) < 4.78 is 2.91. The van der Waals surface area contributed by atoms with Crippen LogP contribution in [0, 0.1) is 0 Å². The smallest absolute Gasteiger partial charge is 0.346 e. The summed E-state index contributed by atoms with van der Waals surface area (Å²) in [4.78, 5) is 26.5. The van der Waals surface area contributed by atoms with Crippen molar-refractivity contribution in [1.82, 2.24) is 19.2 Å². The maximum atomic E-state index is 12.7. The van der Waals surface area contributed by atoms with Crippen molar-refractivity contribution in [2.75, 3.05) is 13.1 Å². The van der Waals surface area contributed by atoms with E-state index in [1.807, 2.05) is 30.3 Å². The van der Waals surface area contributed by atoms with Crippen molar-refractivity contribution >= 4 is 5.91 Å². The van der Waals surface area contributed by atoms with Gasteiger partial charge in [0, 0.05) is 19.5 Å². The zero-order chi connectivity index (χ0) is 17.8. The number of hydrogen-bond acceptors (Lipinski definition) is 4. The van der Waals surface area contributed by atoms with Crippen LogP contribution in [0.5, 0.6) is 0 Å². The van der Waals surface area contributed by atoms with Crippen LogP contribution in [-0.4, -0.2) is 49.5 Å². The largest absolute Gasteiger partial charge is 0.389 e. The van der Waals surface area contributed by atoms with Crippen LogP contribution in [0.1, 0.15) is 31.2 Å². The molecule has 0 bridgehead atoms. The van der Waals surface area contributed by atoms with E-state index in [4.69, 9.17) is 0 Å². The number of nitrogens with zero attached hydrogens (tertiary/aromatic N) is 4. The van der Waals surface area contributed by atoms with Gasteiger partial charge >= 0.3 is 5.69 Å². The summed E-state index contributed by atoms with van der Waals surface area (Å²) in [6.45, 7) is 3.14. The number of likely N-dealkylation sites (tertiary alicyclic amines) is 1. The summed E-state index contributed by atoms with van der Waals surface area (Å²) in [5.74, 6) is 0.533. The fourth-order valence-electron chi connectivity index (χ4n) is 2.92. The number of benzene rings is 1. The van der Waals surface area contributed by atoms with Crippen LogP contribution in [-0.2, 0) is 24.3 Å². The van der Waals surface area contributed by atoms with E-state index in [9.17, 15) is 14.7 Å². The Kier molecular flexibility index (Phi) is 5.33. The standard InChI is InChI=1S/C18H24N4O3/c1-2-3-9-16-19-22(13-17(24)20-11-15(23)12-20)18(25)21(16)10-14-7-5-4-6-8-14/h4-8,15,23H,2-3,9-13H2,1H3. The lowest BCUT2D eigenvalue weighted by atomic mass is 10.2. The van der Waals surface area contributed by atoms with Gasteiger partial charge in [0.2, 0.25) is 5.91 Å². The second kappa shape index (κ2) is 7.65. The average molecular weight is 344 g/mol. The van der Waals surface area contributed by atoms with Crippen LogP contribution in [0.15, 0.2) is 35.1 Å². The molecule has 2 heterocycles. The minimum atomic E-state index is -0.448. The van der Waals surface area contributed by atoms with Gasteiger partial charge in [0.25, 0.3) is 0 Å². The molecule has 134 valence electrons. The molecule has 7 heteroatoms. The first kappa shape index (κ1) is 17.4. The Labute approximate surface area is 146 Å². The van der Waals surface area contributed by atoms with Crippen molar-refractivity contribution in [2.24, 2.45) is 0 Å². The van der Waals surface area contributed by atoms with Crippen LogP contribution < -0.4 is 5.69 Å². The van der Waals surface area contributed by atoms with Gasteiger partial charge < -0.3 is 10.0 Å². The fraction of sp³-hybridized carbons (Fsp3) is 0.500. The highest BCUT2D eigenvalue weighted by atomic mass is 16.3. The molecular weight excluding hydrogens is 320 g/mol. The van der Waals surface area contributed by atoms with Crippen LogP contribution in [0.3, 0.4) is 0 Å². The molecule has 1 aromatic heterocycles. The number of β-amino-alcohol motifs (C(OH)–C–C–N with tert-alkyl or cyclic N) is 1. The minimum Gasteiger partial charge on any atom is -0.389 e. The quantitative estimate of drug-likeness (QED) is 0.799. The lowest BCUT2D eigenvalue weighted by Gasteiger charge is -2.35. The molecule has 1 saturated heterocycles. The van der Waals surface area contributed by atoms with Crippen molar-refractivity contribution in [3.63, 3.8) is 0 Å². The number of amides is 1. The maximum Gasteiger partial charge on any atom is 0.346 e. The van der Waals surface area contributed by atoms with E-state index >= 15 is 0 Å². The van der Waals surface area contributed by atoms with Gasteiger partial charge in [-0.2, -0.15) is 5.10 Å². The molecule has 0 spiro atoms. The number of aryl methyl sites for hydroxylation is 1. The number of rotatable bonds is 7. The summed E-state index contributed by atoms with van der Waals surface area (Å²) in [6, 6.07) is 9.76. The summed E-state index contributed by atoms with van der Waals surface area (Å²) in [5.41, 5.74) is 0.767. The molecule has 1 fully saturated rings. The lowest BCUT2D eigenvalue weighted by Crippen LogP contribution is -2.54. The highest BCUT2D eigenvalue weighted by Crippen LogP contribution is 2.09. The third-order valence-electron chi connectivity index (χ3n) is 4.44. The Morgan fingerprint density at radius 3 is 2.64 bits per heavy atom. The second-order valence-electron chi connectivity index (χ2n) is 6.48. The molecule has 1 aliphatic rings. The molecule has 0 saturated carbocycles. The molecule has 1 amide bonds. The first-order valence-corrected chi connectivity index (χ1v) is 8.74. The fourth-order valence-corrected chi connectivity index (χ4v) is 2.92. The van der Waals surface area contributed by atoms with Crippen molar-refractivity contribution in [1.29, 1.82) is 0 Å². The summed E-state index contributed by atoms with van der Waals surface area (Å²) >= 11 is 0. The van der Waals surface area contributed by atoms with E-state index in [0.29, 0.717) is 31.9 Å². The predicted octanol–water partition coefficient (Wildman–Crippen LogP) is 0.639. The van der Waals surface area contributed by atoms with Crippen molar-refractivity contribution in [2.45, 2.75) is 45.4 Å². The molecule has 2 aromatic rings. The van der Waals surface area contributed by atoms with E-state index in [0.717, 1.165) is 18.4 Å². The minimum absolute atomic E-state index is 0.0769. The Morgan fingerprint density at radius 2 is 2.00 bits per heavy atom. The van der Waals surface area contributed by atoms with Crippen LogP contribution >= 0.6 is 0 Å². The Morgan fingerprint density at radius 1 is 1.28 bits per heavy atom. The number of carbonyl (C=O) groups excluding carboxylic acids is 1. The molecular formula is C18H24N4O3. The lowest BCUT2D eigenvalue weighted by molar-refractivity contribution is -0.142. The van der Waals surface area contributed by atoms with Gasteiger partial charge in [0.15, 0.2) is 0 Å². The van der Waals surface area contributed by atoms with E-state index in [-0.39, 0.29) is 18.1 Å². The Bertz CT molecular complexity index is 775. The second-order valence-corrected chi connectivity index (χ2v) is 6.48. The van der Waals surface area contributed by atoms with Crippen molar-refractivity contribution in [3.8, 4) is 0 Å². The van der Waals surface area contributed by atoms with Crippen molar-refractivity contribution in [3.05, 3.63) is 52.2 Å². The molecule has 0 unspecified atom stereocenters. The molecule has 7 nitrogen and oxygen atoms in total. The van der Waals surface area contributed by atoms with Gasteiger partial charge in [-0.05, 0) is 12.0 Å². The van der Waals surface area contributed by atoms with Crippen LogP contribution in [0.25, 0.3) is 0 Å². The molecule has 1 aliphatic heterocycles. The number of unbranched alkanes of at least 4 members (excludes halogenated alkanes) is 1. The van der Waals surface area contributed by atoms with Crippen molar-refractivity contribution < 1.29 is 9.90 Å². The molecule has 0 atom stereocenters. The van der Waals surface area contributed by atoms with Gasteiger partial charge in [-0.1, -0.05) is 43.7 Å². The number of hydrogen-bond donors (Lipinski definition) is 1. The summed E-state index contributed by atoms with van der Waals surface area (Å²) in [5, 5.41) is 13.7. The Balaban J connectivity index is 1.81. The van der Waals surface area contributed by atoms with Crippen LogP contribution in [0.4, 0.5) is 0 Å². The number of aliphatic hydroxyl groups is 1. The predicted molar refractivity (Wildman–Crippen MR) is 93.2 cm³/mol.